The van der Waals surface area contributed by atoms with Crippen molar-refractivity contribution in [2.75, 3.05) is 12.4 Å². The fraction of sp³-hybridized carbons (Fsp3) is 0.267. The summed E-state index contributed by atoms with van der Waals surface area (Å²) in [4.78, 5) is 10.1. The number of alkyl halides is 3. The number of carbonyl (C=O) groups is 1. The maximum atomic E-state index is 13.1. The Labute approximate surface area is 147 Å². The smallest absolute Gasteiger partial charge is 0.253 e. The molecular formula is C15H15Cl2FN4O2. The maximum Gasteiger partial charge on any atom is 0.253 e. The fourth-order valence-corrected chi connectivity index (χ4v) is 2.22. The van der Waals surface area contributed by atoms with E-state index in [1.165, 1.54) is 0 Å². The molecule has 2 atom stereocenters. The fourth-order valence-electron chi connectivity index (χ4n) is 2.09. The van der Waals surface area contributed by atoms with E-state index in [0.717, 1.165) is 11.1 Å². The monoisotopic (exact) mass is 372 g/mol. The number of nitrogen functional groups attached to an aromatic ring is 1. The van der Waals surface area contributed by atoms with Gasteiger partial charge in [-0.05, 0) is 17.2 Å². The molecule has 0 aliphatic heterocycles. The molecule has 0 saturated heterocycles. The number of nitrogens with one attached hydrogen (secondary N) is 1. The summed E-state index contributed by atoms with van der Waals surface area (Å²) in [7, 11) is 0. The number of hydrogen-bond acceptors (Lipinski definition) is 5. The van der Waals surface area contributed by atoms with Gasteiger partial charge in [0.15, 0.2) is 4.84 Å². The molecule has 24 heavy (non-hydrogen) atoms. The number of anilines is 1. The van der Waals surface area contributed by atoms with E-state index >= 15 is 0 Å². The van der Waals surface area contributed by atoms with Gasteiger partial charge in [-0.1, -0.05) is 47.5 Å². The first-order chi connectivity index (χ1) is 11.4. The van der Waals surface area contributed by atoms with E-state index in [0.29, 0.717) is 5.56 Å². The van der Waals surface area contributed by atoms with Crippen LogP contribution in [0.1, 0.15) is 11.7 Å². The minimum Gasteiger partial charge on any atom is -0.386 e. The zero-order chi connectivity index (χ0) is 17.7. The summed E-state index contributed by atoms with van der Waals surface area (Å²) in [5.41, 5.74) is 7.57. The van der Waals surface area contributed by atoms with Crippen molar-refractivity contribution in [3.05, 3.63) is 42.1 Å². The number of aliphatic hydroxyl groups is 1. The predicted octanol–water partition coefficient (Wildman–Crippen LogP) is 2.02. The van der Waals surface area contributed by atoms with E-state index in [4.69, 9.17) is 28.9 Å². The minimum atomic E-state index is -1.33. The lowest BCUT2D eigenvalue weighted by Crippen LogP contribution is -2.43. The lowest BCUT2D eigenvalue weighted by Gasteiger charge is -2.22. The summed E-state index contributed by atoms with van der Waals surface area (Å²) >= 11 is 10.8. The van der Waals surface area contributed by atoms with Gasteiger partial charge in [0.05, 0.1) is 12.2 Å². The summed E-state index contributed by atoms with van der Waals surface area (Å²) in [6, 6.07) is 7.18. The molecule has 4 N–H and O–H groups in total. The molecule has 0 fully saturated rings. The van der Waals surface area contributed by atoms with Gasteiger partial charge in [-0.15, -0.1) is 5.10 Å². The van der Waals surface area contributed by atoms with Crippen molar-refractivity contribution in [3.63, 3.8) is 0 Å². The van der Waals surface area contributed by atoms with E-state index in [1.807, 2.05) is 0 Å². The number of hydrogen-bond donors (Lipinski definition) is 3. The Balaban J connectivity index is 2.15. The molecule has 6 nitrogen and oxygen atoms in total. The van der Waals surface area contributed by atoms with Crippen LogP contribution in [-0.4, -0.2) is 38.8 Å². The Morgan fingerprint density at radius 3 is 2.50 bits per heavy atom. The van der Waals surface area contributed by atoms with Crippen LogP contribution in [-0.2, 0) is 4.79 Å². The molecule has 9 heteroatoms. The molecule has 0 bridgehead atoms. The highest BCUT2D eigenvalue weighted by Gasteiger charge is 2.25. The number of aliphatic hydroxyl groups excluding tert-OH is 1. The summed E-state index contributed by atoms with van der Waals surface area (Å²) in [5, 5.41) is 19.9. The van der Waals surface area contributed by atoms with E-state index in [1.54, 1.807) is 36.5 Å². The molecule has 0 unspecified atom stereocenters. The second-order valence-corrected chi connectivity index (χ2v) is 6.10. The number of halogens is 3. The number of nitrogens with zero attached hydrogens (tertiary/aromatic N) is 2. The van der Waals surface area contributed by atoms with Crippen molar-refractivity contribution in [2.45, 2.75) is 17.0 Å². The van der Waals surface area contributed by atoms with Gasteiger partial charge in [-0.2, -0.15) is 5.10 Å². The predicted molar refractivity (Wildman–Crippen MR) is 90.2 cm³/mol. The number of amides is 1. The first kappa shape index (κ1) is 18.4. The molecule has 0 spiro atoms. The van der Waals surface area contributed by atoms with Crippen LogP contribution < -0.4 is 11.1 Å². The minimum absolute atomic E-state index is 0.286. The first-order valence-electron chi connectivity index (χ1n) is 6.93. The van der Waals surface area contributed by atoms with E-state index in [2.05, 4.69) is 15.5 Å². The van der Waals surface area contributed by atoms with Crippen LogP contribution in [0.2, 0.25) is 0 Å². The van der Waals surface area contributed by atoms with Gasteiger partial charge < -0.3 is 16.2 Å². The molecule has 0 aliphatic carbocycles. The quantitative estimate of drug-likeness (QED) is 0.673. The zero-order valence-corrected chi connectivity index (χ0v) is 13.9. The molecule has 2 aromatic rings. The summed E-state index contributed by atoms with van der Waals surface area (Å²) < 4.78 is 13.1. The standard InChI is InChI=1S/C15H15Cl2FN4O2/c16-14(17)15(24)21-11(6-18)13(23)9-3-1-8(2-4-9)10-5-12(19)22-20-7-10/h1-5,7,11,13-14,23H,6H2,(H2,19,22)(H,21,24)/t11-,13-/m1/s1. The Kier molecular flexibility index (Phi) is 6.30. The van der Waals surface area contributed by atoms with Crippen LogP contribution in [0.25, 0.3) is 11.1 Å². The summed E-state index contributed by atoms with van der Waals surface area (Å²) in [5.74, 6) is -0.483. The Hall–Kier alpha value is -1.96. The second-order valence-electron chi connectivity index (χ2n) is 5.01. The van der Waals surface area contributed by atoms with Crippen LogP contribution in [0.5, 0.6) is 0 Å². The molecule has 1 aromatic carbocycles. The van der Waals surface area contributed by atoms with Crippen molar-refractivity contribution in [3.8, 4) is 11.1 Å². The van der Waals surface area contributed by atoms with Gasteiger partial charge >= 0.3 is 0 Å². The third-order valence-corrected chi connectivity index (χ3v) is 3.73. The van der Waals surface area contributed by atoms with Crippen molar-refractivity contribution in [1.82, 2.24) is 15.5 Å². The van der Waals surface area contributed by atoms with Crippen molar-refractivity contribution in [1.29, 1.82) is 0 Å². The molecule has 1 aromatic heterocycles. The molecule has 128 valence electrons. The Bertz CT molecular complexity index is 700. The Morgan fingerprint density at radius 2 is 1.96 bits per heavy atom. The summed E-state index contributed by atoms with van der Waals surface area (Å²) in [6.07, 6.45) is 0.300. The first-order valence-corrected chi connectivity index (χ1v) is 7.80. The maximum absolute atomic E-state index is 13.1. The van der Waals surface area contributed by atoms with Crippen LogP contribution in [0.15, 0.2) is 36.5 Å². The number of benzene rings is 1. The van der Waals surface area contributed by atoms with Gasteiger partial charge in [0.25, 0.3) is 5.91 Å². The highest BCUT2D eigenvalue weighted by atomic mass is 35.5. The molecule has 0 aliphatic rings. The number of aromatic nitrogens is 2. The van der Waals surface area contributed by atoms with Crippen LogP contribution in [0.3, 0.4) is 0 Å². The highest BCUT2D eigenvalue weighted by Crippen LogP contribution is 2.24. The average Bonchev–Trinajstić information content (AvgIpc) is 2.59. The van der Waals surface area contributed by atoms with Gasteiger partial charge in [0.2, 0.25) is 0 Å². The normalized spacial score (nSPS) is 13.5. The molecule has 1 heterocycles. The zero-order valence-electron chi connectivity index (χ0n) is 12.4. The summed E-state index contributed by atoms with van der Waals surface area (Å²) in [6.45, 7) is -0.972. The largest absolute Gasteiger partial charge is 0.386 e. The number of rotatable bonds is 6. The van der Waals surface area contributed by atoms with E-state index in [-0.39, 0.29) is 5.82 Å². The average molecular weight is 373 g/mol. The molecular weight excluding hydrogens is 358 g/mol. The highest BCUT2D eigenvalue weighted by molar-refractivity contribution is 6.53. The topological polar surface area (TPSA) is 101 Å². The van der Waals surface area contributed by atoms with Gasteiger partial charge in [-0.25, -0.2) is 4.39 Å². The number of nitrogens with two attached hydrogens (primary N) is 1. The molecule has 0 saturated carbocycles. The second kappa shape index (κ2) is 8.23. The SMILES string of the molecule is Nc1cc(-c2ccc([C@@H](O)[C@@H](CF)NC(=O)C(Cl)Cl)cc2)cnn1. The van der Waals surface area contributed by atoms with Crippen LogP contribution >= 0.6 is 23.2 Å². The third kappa shape index (κ3) is 4.53. The van der Waals surface area contributed by atoms with Crippen molar-refractivity contribution < 1.29 is 14.3 Å². The van der Waals surface area contributed by atoms with Gasteiger partial charge in [0.1, 0.15) is 18.6 Å². The van der Waals surface area contributed by atoms with E-state index in [9.17, 15) is 14.3 Å². The number of carbonyl (C=O) groups excluding carboxylic acids is 1. The van der Waals surface area contributed by atoms with Gasteiger partial charge in [0, 0.05) is 5.56 Å². The van der Waals surface area contributed by atoms with Crippen molar-refractivity contribution in [2.24, 2.45) is 0 Å². The molecule has 2 rings (SSSR count). The lowest BCUT2D eigenvalue weighted by molar-refractivity contribution is -0.121. The van der Waals surface area contributed by atoms with Crippen molar-refractivity contribution >= 4 is 34.9 Å². The lowest BCUT2D eigenvalue weighted by atomic mass is 9.99. The van der Waals surface area contributed by atoms with E-state index < -0.39 is 29.6 Å². The Morgan fingerprint density at radius 1 is 1.29 bits per heavy atom. The molecule has 0 radical (unpaired) electrons. The van der Waals surface area contributed by atoms with Crippen LogP contribution in [0.4, 0.5) is 10.2 Å². The molecule has 1 amide bonds. The van der Waals surface area contributed by atoms with Crippen LogP contribution in [0, 0.1) is 0 Å². The third-order valence-electron chi connectivity index (χ3n) is 3.33. The van der Waals surface area contributed by atoms with Gasteiger partial charge in [-0.3, -0.25) is 4.79 Å².